The second-order valence-electron chi connectivity index (χ2n) is 5.22. The van der Waals surface area contributed by atoms with Crippen molar-refractivity contribution in [3.63, 3.8) is 0 Å². The molecule has 0 bridgehead atoms. The van der Waals surface area contributed by atoms with Crippen LogP contribution in [0, 0.1) is 0 Å². The Kier molecular flexibility index (Phi) is 2.59. The van der Waals surface area contributed by atoms with E-state index in [4.69, 9.17) is 14.4 Å². The second kappa shape index (κ2) is 3.61. The highest BCUT2D eigenvalue weighted by Gasteiger charge is 2.52. The molecule has 6 heteroatoms. The monoisotopic (exact) mass is 237 g/mol. The molecule has 1 aromatic heterocycles. The van der Waals surface area contributed by atoms with E-state index in [0.29, 0.717) is 0 Å². The Bertz CT molecular complexity index is 436. The van der Waals surface area contributed by atoms with Crippen LogP contribution in [-0.2, 0) is 9.31 Å². The summed E-state index contributed by atoms with van der Waals surface area (Å²) < 4.78 is 13.2. The molecule has 1 aliphatic heterocycles. The number of aromatic nitrogens is 1. The molecule has 1 fully saturated rings. The predicted octanol–water partition coefficient (Wildman–Crippen LogP) is 1.62. The van der Waals surface area contributed by atoms with E-state index >= 15 is 0 Å². The third-order valence-corrected chi connectivity index (χ3v) is 3.45. The van der Waals surface area contributed by atoms with Gasteiger partial charge in [0.15, 0.2) is 0 Å². The van der Waals surface area contributed by atoms with E-state index in [0.717, 1.165) is 0 Å². The highest BCUT2D eigenvalue weighted by atomic mass is 16.7. The van der Waals surface area contributed by atoms with Crippen LogP contribution in [0.1, 0.15) is 38.1 Å². The lowest BCUT2D eigenvalue weighted by Gasteiger charge is -2.32. The largest absolute Gasteiger partial charge is 0.598 e. The molecular weight excluding hydrogens is 221 g/mol. The van der Waals surface area contributed by atoms with Gasteiger partial charge in [0, 0.05) is 6.20 Å². The van der Waals surface area contributed by atoms with E-state index in [9.17, 15) is 4.79 Å². The normalized spacial score (nSPS) is 21.8. The fourth-order valence-corrected chi connectivity index (χ4v) is 1.60. The summed E-state index contributed by atoms with van der Waals surface area (Å²) >= 11 is 0. The standard InChI is InChI=1S/C11H16BNO4/c1-10(2)11(3,4)17-12(16-10)13-6-5-8(7-13)9(14)15/h5-7H,1-4H3,(H,14,15). The molecule has 1 aromatic rings. The summed E-state index contributed by atoms with van der Waals surface area (Å²) in [5.41, 5.74) is -0.629. The van der Waals surface area contributed by atoms with Gasteiger partial charge in [0.25, 0.3) is 0 Å². The molecule has 1 saturated heterocycles. The molecule has 5 nitrogen and oxygen atoms in total. The van der Waals surface area contributed by atoms with Gasteiger partial charge in [-0.25, -0.2) is 4.79 Å². The van der Waals surface area contributed by atoms with Gasteiger partial charge in [-0.2, -0.15) is 0 Å². The molecule has 0 atom stereocenters. The zero-order valence-electron chi connectivity index (χ0n) is 10.4. The van der Waals surface area contributed by atoms with Crippen LogP contribution in [0.25, 0.3) is 0 Å². The lowest BCUT2D eigenvalue weighted by molar-refractivity contribution is 0.00578. The SMILES string of the molecule is CC1(C)OB(n2ccc(C(=O)O)c2)OC1(C)C. The Morgan fingerprint density at radius 2 is 1.82 bits per heavy atom. The van der Waals surface area contributed by atoms with Crippen LogP contribution < -0.4 is 0 Å². The first-order chi connectivity index (χ1) is 7.73. The van der Waals surface area contributed by atoms with Crippen molar-refractivity contribution in [3.05, 3.63) is 24.0 Å². The van der Waals surface area contributed by atoms with Crippen LogP contribution in [0.4, 0.5) is 0 Å². The number of rotatable bonds is 2. The third kappa shape index (κ3) is 1.98. The molecule has 0 radical (unpaired) electrons. The summed E-state index contributed by atoms with van der Waals surface area (Å²) in [5.74, 6) is -0.958. The van der Waals surface area contributed by atoms with Gasteiger partial charge in [0.2, 0.25) is 0 Å². The van der Waals surface area contributed by atoms with E-state index < -0.39 is 24.4 Å². The molecule has 0 saturated carbocycles. The Morgan fingerprint density at radius 1 is 1.29 bits per heavy atom. The van der Waals surface area contributed by atoms with Gasteiger partial charge in [-0.1, -0.05) is 0 Å². The minimum absolute atomic E-state index is 0.222. The Balaban J connectivity index is 2.23. The minimum Gasteiger partial charge on any atom is -0.478 e. The molecule has 0 unspecified atom stereocenters. The molecule has 0 aromatic carbocycles. The van der Waals surface area contributed by atoms with Gasteiger partial charge in [-0.3, -0.25) is 0 Å². The summed E-state index contributed by atoms with van der Waals surface area (Å²) in [4.78, 5) is 10.8. The third-order valence-electron chi connectivity index (χ3n) is 3.45. The number of hydrogen-bond acceptors (Lipinski definition) is 3. The number of carboxylic acid groups (broad SMARTS) is 1. The van der Waals surface area contributed by atoms with Gasteiger partial charge in [-0.05, 0) is 40.0 Å². The molecule has 2 heterocycles. The van der Waals surface area contributed by atoms with Crippen LogP contribution in [0.3, 0.4) is 0 Å². The van der Waals surface area contributed by atoms with Crippen molar-refractivity contribution in [2.24, 2.45) is 0 Å². The maximum Gasteiger partial charge on any atom is 0.598 e. The van der Waals surface area contributed by atoms with Gasteiger partial charge >= 0.3 is 13.2 Å². The van der Waals surface area contributed by atoms with Gasteiger partial charge in [-0.15, -0.1) is 0 Å². The fourth-order valence-electron chi connectivity index (χ4n) is 1.60. The number of carboxylic acids is 1. The molecule has 92 valence electrons. The van der Waals surface area contributed by atoms with Crippen LogP contribution in [0.2, 0.25) is 0 Å². The van der Waals surface area contributed by atoms with Gasteiger partial charge in [0.1, 0.15) is 0 Å². The average Bonchev–Trinajstić information content (AvgIpc) is 2.70. The summed E-state index contributed by atoms with van der Waals surface area (Å²) in [6.07, 6.45) is 3.15. The van der Waals surface area contributed by atoms with Crippen LogP contribution >= 0.6 is 0 Å². The van der Waals surface area contributed by atoms with E-state index in [1.54, 1.807) is 10.7 Å². The molecule has 0 spiro atoms. The minimum atomic E-state index is -0.958. The van der Waals surface area contributed by atoms with Crippen LogP contribution in [0.15, 0.2) is 18.5 Å². The molecule has 2 rings (SSSR count). The highest BCUT2D eigenvalue weighted by Crippen LogP contribution is 2.37. The van der Waals surface area contributed by atoms with E-state index in [1.807, 2.05) is 27.7 Å². The van der Waals surface area contributed by atoms with Crippen molar-refractivity contribution >= 4 is 13.2 Å². The maximum absolute atomic E-state index is 10.8. The highest BCUT2D eigenvalue weighted by molar-refractivity contribution is 6.43. The quantitative estimate of drug-likeness (QED) is 0.794. The summed E-state index contributed by atoms with van der Waals surface area (Å²) in [7, 11) is -0.576. The molecule has 17 heavy (non-hydrogen) atoms. The second-order valence-corrected chi connectivity index (χ2v) is 5.22. The van der Waals surface area contributed by atoms with Gasteiger partial charge in [0.05, 0.1) is 16.8 Å². The number of carbonyl (C=O) groups is 1. The zero-order valence-corrected chi connectivity index (χ0v) is 10.4. The smallest absolute Gasteiger partial charge is 0.478 e. The zero-order chi connectivity index (χ0) is 12.8. The fraction of sp³-hybridized carbons (Fsp3) is 0.545. The van der Waals surface area contributed by atoms with Gasteiger partial charge < -0.3 is 18.9 Å². The lowest BCUT2D eigenvalue weighted by atomic mass is 9.90. The Morgan fingerprint density at radius 3 is 2.24 bits per heavy atom. The molecule has 1 aliphatic rings. The first-order valence-electron chi connectivity index (χ1n) is 5.49. The van der Waals surface area contributed by atoms with Crippen LogP contribution in [0.5, 0.6) is 0 Å². The van der Waals surface area contributed by atoms with Crippen molar-refractivity contribution in [1.29, 1.82) is 0 Å². The Hall–Kier alpha value is -1.27. The maximum atomic E-state index is 10.8. The number of nitrogens with zero attached hydrogens (tertiary/aromatic N) is 1. The lowest BCUT2D eigenvalue weighted by Crippen LogP contribution is -2.41. The van der Waals surface area contributed by atoms with Crippen molar-refractivity contribution in [1.82, 2.24) is 4.48 Å². The predicted molar refractivity (Wildman–Crippen MR) is 62.9 cm³/mol. The summed E-state index contributed by atoms with van der Waals surface area (Å²) in [6.45, 7) is 7.81. The summed E-state index contributed by atoms with van der Waals surface area (Å²) in [6, 6.07) is 1.52. The van der Waals surface area contributed by atoms with Crippen molar-refractivity contribution in [3.8, 4) is 0 Å². The first-order valence-corrected chi connectivity index (χ1v) is 5.49. The van der Waals surface area contributed by atoms with Crippen molar-refractivity contribution < 1.29 is 19.2 Å². The first kappa shape index (κ1) is 12.2. The molecule has 1 N–H and O–H groups in total. The van der Waals surface area contributed by atoms with E-state index in [2.05, 4.69) is 0 Å². The van der Waals surface area contributed by atoms with Crippen molar-refractivity contribution in [2.75, 3.05) is 0 Å². The Labute approximate surface area is 100 Å². The van der Waals surface area contributed by atoms with Crippen molar-refractivity contribution in [2.45, 2.75) is 38.9 Å². The average molecular weight is 237 g/mol. The number of hydrogen-bond donors (Lipinski definition) is 1. The van der Waals surface area contributed by atoms with E-state index in [1.165, 1.54) is 12.3 Å². The molecule has 0 amide bonds. The molecule has 0 aliphatic carbocycles. The molecular formula is C11H16BNO4. The van der Waals surface area contributed by atoms with E-state index in [-0.39, 0.29) is 5.56 Å². The van der Waals surface area contributed by atoms with Crippen LogP contribution in [-0.4, -0.2) is 34.0 Å². The summed E-state index contributed by atoms with van der Waals surface area (Å²) in [5, 5.41) is 8.85. The topological polar surface area (TPSA) is 60.7 Å². The number of aromatic carboxylic acids is 1.